The van der Waals surface area contributed by atoms with Crippen molar-refractivity contribution in [3.05, 3.63) is 318 Å². The van der Waals surface area contributed by atoms with Crippen LogP contribution in [0.5, 0.6) is 23.0 Å². The van der Waals surface area contributed by atoms with Crippen molar-refractivity contribution in [3.63, 3.8) is 0 Å². The van der Waals surface area contributed by atoms with Crippen LogP contribution in [-0.2, 0) is 63.8 Å². The van der Waals surface area contributed by atoms with E-state index >= 15 is 0 Å². The number of hydrogen-bond donors (Lipinski definition) is 4. The van der Waals surface area contributed by atoms with Gasteiger partial charge in [-0.25, -0.2) is 19.7 Å². The summed E-state index contributed by atoms with van der Waals surface area (Å²) >= 11 is 3.47. The van der Waals surface area contributed by atoms with Gasteiger partial charge in [-0.2, -0.15) is 0 Å². The number of aliphatic hydroxyl groups excluding tert-OH is 1. The Bertz CT molecular complexity index is 5880. The number of aromatic nitrogens is 3. The quantitative estimate of drug-likeness (QED) is 0.0215. The van der Waals surface area contributed by atoms with E-state index in [-0.39, 0.29) is 53.5 Å². The molecule has 126 heavy (non-hydrogen) atoms. The maximum Gasteiger partial charge on any atom is 0.326 e. The van der Waals surface area contributed by atoms with E-state index in [2.05, 4.69) is 205 Å². The van der Waals surface area contributed by atoms with E-state index in [1.54, 1.807) is 42.8 Å². The molecule has 3 aromatic heterocycles. The third-order valence-electron chi connectivity index (χ3n) is 23.1. The number of aromatic hydroxyl groups is 1. The molecule has 3 amide bonds. The van der Waals surface area contributed by atoms with Gasteiger partial charge in [0.05, 0.1) is 52.1 Å². The molecule has 0 saturated carbocycles. The number of alkyl halides is 1. The summed E-state index contributed by atoms with van der Waals surface area (Å²) in [5.41, 5.74) is 16.1. The number of nitrogens with zero attached hydrogens (tertiary/aromatic N) is 5. The number of pyridine rings is 3. The number of phenols is 1. The van der Waals surface area contributed by atoms with Gasteiger partial charge in [0.15, 0.2) is 16.5 Å². The molecule has 0 aliphatic carbocycles. The predicted molar refractivity (Wildman–Crippen MR) is 523 cm³/mol. The SMILES string of the molecule is BrCc1ccc(OCc2cc(-c3ccccc3)nc3ccccc23)cc1.C.C#C.C#CC.CC#CC.CC(C)(C)[Si](C)(C)N1C(=O)[C@H](Cc2ccc(OCc3cc(-c4ccccc4)nc4ccccc34)cc2)[C@H]1C(=O)O.CNC(=O)[C@@H]1[C@@H](Cc2ccc(OCc3cc(-c4ccccc4)nc4ccccc34)cc2)C(=O)N1[Si](C)(C)C(C)(C)C.OCc1ccc(O)cc1. The maximum absolute atomic E-state index is 13.4. The molecule has 2 aliphatic rings. The van der Waals surface area contributed by atoms with Crippen LogP contribution in [0.2, 0.25) is 36.3 Å². The molecule has 4 N–H and O–H groups in total. The van der Waals surface area contributed by atoms with Crippen molar-refractivity contribution in [1.29, 1.82) is 0 Å². The van der Waals surface area contributed by atoms with Gasteiger partial charge in [0.25, 0.3) is 0 Å². The summed E-state index contributed by atoms with van der Waals surface area (Å²) in [6.07, 6.45) is 13.5. The number of aliphatic carboxylic acids is 1. The number of carbonyl (C=O) groups is 4. The summed E-state index contributed by atoms with van der Waals surface area (Å²) < 4.78 is 22.1. The van der Waals surface area contributed by atoms with Crippen LogP contribution in [0.25, 0.3) is 66.5 Å². The second-order valence-corrected chi connectivity index (χ2v) is 44.0. The lowest BCUT2D eigenvalue weighted by molar-refractivity contribution is -0.163. The Morgan fingerprint density at radius 1 is 0.460 bits per heavy atom. The molecule has 2 fully saturated rings. The standard InChI is InChI=1S/C34H39N3O3Si.C33H36N2O4Si.C23H18BrNO.C7H8O2.C4H6.C3H4.C2H2.CH4/c1-34(2,3)41(5,6)37-31(32(38)35-4)28(33(37)39)20-23-16-18-26(19-17-23)40-22-25-21-30(24-12-8-7-9-13-24)36-29-15-11-10-14-27(25)29;1-33(2,3)40(4,5)35-30(32(37)38)27(31(35)36)19-22-15-17-25(18-16-22)39-21-24-20-29(23-11-7-6-8-12-23)34-28-14-10-9-13-26(24)28;24-15-17-10-12-20(13-11-17)26-16-19-14-23(18-6-2-1-3-7-18)25-22-9-5-4-8-21(19)22;8-5-6-1-3-7(9)4-2-6;1-3-4-2;1-3-2;1-2;/h7-19,21,28,31H,20,22H2,1-6H3,(H,35,38);6-18,20,27,30H,19,21H2,1-5H3,(H,37,38);1-14H,15-16H2;1-4,8-9H,5H2;1-2H3;1H,2H3;1-2H;1H4/t28-,31+;27-,30+;;;;;;/m11....../s1. The Kier molecular flexibility index (Phi) is 36.1. The molecule has 2 aliphatic heterocycles. The first-order valence-corrected chi connectivity index (χ1v) is 48.6. The zero-order valence-corrected chi connectivity index (χ0v) is 77.4. The van der Waals surface area contributed by atoms with Crippen molar-refractivity contribution in [2.75, 3.05) is 7.05 Å². The summed E-state index contributed by atoms with van der Waals surface area (Å²) in [7, 11) is -2.83. The molecule has 650 valence electrons. The van der Waals surface area contributed by atoms with Crippen LogP contribution in [0.3, 0.4) is 0 Å². The number of likely N-dealkylation sites (N-methyl/N-ethyl adjacent to an activating group) is 1. The van der Waals surface area contributed by atoms with Crippen molar-refractivity contribution < 1.29 is 48.7 Å². The Labute approximate surface area is 755 Å². The number of ether oxygens (including phenoxy) is 3. The van der Waals surface area contributed by atoms with E-state index in [1.807, 2.05) is 194 Å². The number of rotatable bonds is 22. The number of phenolic OH excluding ortho intramolecular Hbond substituents is 1. The normalized spacial score (nSPS) is 14.3. The molecular weight excluding hydrogens is 1670 g/mol. The number of para-hydroxylation sites is 3. The Morgan fingerprint density at radius 3 is 1.03 bits per heavy atom. The largest absolute Gasteiger partial charge is 0.508 e. The van der Waals surface area contributed by atoms with Crippen LogP contribution < -0.4 is 19.5 Å². The van der Waals surface area contributed by atoms with E-state index in [0.29, 0.717) is 38.4 Å². The Morgan fingerprint density at radius 2 is 0.746 bits per heavy atom. The number of nitrogens with one attached hydrogen (secondary N) is 1. The van der Waals surface area contributed by atoms with E-state index in [9.17, 15) is 24.3 Å². The first-order chi connectivity index (χ1) is 60.0. The lowest BCUT2D eigenvalue weighted by Gasteiger charge is -2.57. The van der Waals surface area contributed by atoms with Gasteiger partial charge in [0.1, 0.15) is 54.9 Å². The summed E-state index contributed by atoms with van der Waals surface area (Å²) in [4.78, 5) is 66.2. The molecule has 19 heteroatoms. The maximum atomic E-state index is 13.4. The smallest absolute Gasteiger partial charge is 0.326 e. The number of halogens is 1. The van der Waals surface area contributed by atoms with Gasteiger partial charge in [-0.3, -0.25) is 14.4 Å². The summed E-state index contributed by atoms with van der Waals surface area (Å²) in [6, 6.07) is 90.2. The molecule has 15 rings (SSSR count). The predicted octanol–water partition coefficient (Wildman–Crippen LogP) is 23.4. The van der Waals surface area contributed by atoms with Gasteiger partial charge in [-0.05, 0) is 151 Å². The van der Waals surface area contributed by atoms with Crippen LogP contribution in [0.1, 0.15) is 109 Å². The van der Waals surface area contributed by atoms with E-state index in [0.717, 1.165) is 117 Å². The summed E-state index contributed by atoms with van der Waals surface area (Å²) in [5, 5.41) is 34.0. The highest BCUT2D eigenvalue weighted by molar-refractivity contribution is 9.08. The zero-order valence-electron chi connectivity index (χ0n) is 73.9. The molecule has 16 nitrogen and oxygen atoms in total. The van der Waals surface area contributed by atoms with Crippen LogP contribution in [-0.4, -0.2) is 98.7 Å². The number of carboxylic acid groups (broad SMARTS) is 1. The summed E-state index contributed by atoms with van der Waals surface area (Å²) in [6.45, 7) is 27.9. The van der Waals surface area contributed by atoms with Crippen molar-refractivity contribution in [2.45, 2.75) is 163 Å². The van der Waals surface area contributed by atoms with Gasteiger partial charge in [0.2, 0.25) is 17.7 Å². The number of fused-ring (bicyclic) bond motifs is 3. The topological polar surface area (TPSA) is 214 Å². The number of carboxylic acids is 1. The minimum Gasteiger partial charge on any atom is -0.508 e. The minimum atomic E-state index is -2.29. The first kappa shape index (κ1) is 98.5. The van der Waals surface area contributed by atoms with Gasteiger partial charge in [-0.1, -0.05) is 285 Å². The molecule has 5 heterocycles. The number of terminal acetylenes is 2. The fourth-order valence-corrected chi connectivity index (χ4v) is 19.5. The molecular formula is C107H117BrN6O10Si2. The Hall–Kier alpha value is -12.9. The van der Waals surface area contributed by atoms with Gasteiger partial charge in [-0.15, -0.1) is 37.0 Å². The molecule has 4 atom stereocenters. The van der Waals surface area contributed by atoms with Crippen molar-refractivity contribution in [1.82, 2.24) is 29.4 Å². The van der Waals surface area contributed by atoms with E-state index in [4.69, 9.17) is 39.4 Å². The molecule has 10 aromatic carbocycles. The van der Waals surface area contributed by atoms with E-state index < -0.39 is 40.4 Å². The molecule has 2 saturated heterocycles. The fourth-order valence-electron chi connectivity index (χ4n) is 14.3. The van der Waals surface area contributed by atoms with Crippen molar-refractivity contribution in [3.8, 4) is 93.8 Å². The zero-order chi connectivity index (χ0) is 90.6. The second kappa shape index (κ2) is 46.2. The number of aliphatic hydroxyl groups is 1. The lowest BCUT2D eigenvalue weighted by Crippen LogP contribution is -2.76. The molecule has 0 unspecified atom stereocenters. The third-order valence-corrected chi connectivity index (χ3v) is 34.5. The number of benzene rings is 10. The molecule has 0 radical (unpaired) electrons. The molecule has 13 aromatic rings. The van der Waals surface area contributed by atoms with Gasteiger partial charge >= 0.3 is 5.97 Å². The van der Waals surface area contributed by atoms with Crippen LogP contribution in [0.4, 0.5) is 0 Å². The highest BCUT2D eigenvalue weighted by Gasteiger charge is 2.61. The van der Waals surface area contributed by atoms with E-state index in [1.165, 1.54) is 5.56 Å². The Balaban J connectivity index is 0.000000215. The lowest BCUT2D eigenvalue weighted by atomic mass is 9.84. The highest BCUT2D eigenvalue weighted by Crippen LogP contribution is 2.48. The number of carbonyl (C=O) groups excluding carboxylic acids is 3. The average Bonchev–Trinajstić information content (AvgIpc) is 0.724. The van der Waals surface area contributed by atoms with Crippen LogP contribution >= 0.6 is 15.9 Å². The second-order valence-electron chi connectivity index (χ2n) is 33.2. The number of amides is 3. The fraction of sp³-hybridized carbons (Fsp3) is 0.262. The van der Waals surface area contributed by atoms with Crippen LogP contribution in [0, 0.1) is 48.9 Å². The van der Waals surface area contributed by atoms with Crippen molar-refractivity contribution in [2.24, 2.45) is 11.8 Å². The minimum absolute atomic E-state index is 0. The van der Waals surface area contributed by atoms with Crippen molar-refractivity contribution >= 4 is 88.8 Å². The molecule has 0 bridgehead atoms. The van der Waals surface area contributed by atoms with Gasteiger partial charge < -0.3 is 44.0 Å². The average molecular weight is 1780 g/mol. The molecule has 0 spiro atoms. The number of β-lactam (4-membered cyclic amide) rings is 2. The van der Waals surface area contributed by atoms with Gasteiger partial charge in [0, 0.05) is 61.9 Å². The number of hydrogen-bond acceptors (Lipinski definition) is 12. The monoisotopic (exact) mass is 1780 g/mol. The third kappa shape index (κ3) is 25.0. The summed E-state index contributed by atoms with van der Waals surface area (Å²) in [5.74, 6) is 8.32. The van der Waals surface area contributed by atoms with Crippen LogP contribution in [0.15, 0.2) is 279 Å². The first-order valence-electron chi connectivity index (χ1n) is 41.5. The highest BCUT2D eigenvalue weighted by atomic mass is 79.9.